The predicted molar refractivity (Wildman–Crippen MR) is 79.5 cm³/mol. The highest BCUT2D eigenvalue weighted by atomic mass is 16.5. The highest BCUT2D eigenvalue weighted by molar-refractivity contribution is 5.75. The van der Waals surface area contributed by atoms with Gasteiger partial charge in [0.1, 0.15) is 5.75 Å². The molecule has 1 aromatic rings. The quantitative estimate of drug-likeness (QED) is 0.599. The Balaban J connectivity index is 2.20. The fraction of sp³-hybridized carbons (Fsp3) is 0.533. The zero-order valence-electron chi connectivity index (χ0n) is 12.0. The van der Waals surface area contributed by atoms with Crippen LogP contribution >= 0.6 is 0 Å². The van der Waals surface area contributed by atoms with E-state index in [-0.39, 0.29) is 12.5 Å². The minimum absolute atomic E-state index is 0.0368. The smallest absolute Gasteiger partial charge is 0.223 e. The number of nitrogen functional groups attached to an aromatic ring is 1. The number of ether oxygens (including phenoxy) is 1. The first-order valence-corrected chi connectivity index (χ1v) is 7.01. The molecule has 0 bridgehead atoms. The molecule has 0 aliphatic carbocycles. The normalized spacial score (nSPS) is 11.9. The molecule has 5 heteroatoms. The van der Waals surface area contributed by atoms with Gasteiger partial charge in [-0.2, -0.15) is 0 Å². The van der Waals surface area contributed by atoms with Crippen molar-refractivity contribution >= 4 is 11.6 Å². The molecule has 0 aliphatic heterocycles. The average molecular weight is 280 g/mol. The van der Waals surface area contributed by atoms with Gasteiger partial charge in [0.05, 0.1) is 13.0 Å². The lowest BCUT2D eigenvalue weighted by atomic mass is 10.0. The number of rotatable bonds is 9. The summed E-state index contributed by atoms with van der Waals surface area (Å²) < 4.78 is 5.46. The highest BCUT2D eigenvalue weighted by Gasteiger charge is 2.08. The minimum atomic E-state index is -0.0368. The van der Waals surface area contributed by atoms with Crippen molar-refractivity contribution in [2.45, 2.75) is 26.2 Å². The van der Waals surface area contributed by atoms with Gasteiger partial charge in [0.25, 0.3) is 0 Å². The number of hydrogen-bond donors (Lipinski definition) is 3. The van der Waals surface area contributed by atoms with Crippen molar-refractivity contribution in [3.63, 3.8) is 0 Å². The minimum Gasteiger partial charge on any atom is -0.493 e. The molecule has 0 saturated carbocycles. The maximum Gasteiger partial charge on any atom is 0.223 e. The Kier molecular flexibility index (Phi) is 7.50. The Morgan fingerprint density at radius 3 is 2.95 bits per heavy atom. The molecule has 1 aromatic carbocycles. The number of nitrogens with two attached hydrogens (primary N) is 1. The van der Waals surface area contributed by atoms with Crippen molar-refractivity contribution in [1.82, 2.24) is 5.32 Å². The van der Waals surface area contributed by atoms with Crippen LogP contribution in [0, 0.1) is 5.92 Å². The molecule has 1 rings (SSSR count). The second kappa shape index (κ2) is 9.20. The maximum atomic E-state index is 11.6. The van der Waals surface area contributed by atoms with Gasteiger partial charge in [0.2, 0.25) is 5.91 Å². The van der Waals surface area contributed by atoms with Gasteiger partial charge >= 0.3 is 0 Å². The molecule has 0 saturated heterocycles. The van der Waals surface area contributed by atoms with Gasteiger partial charge < -0.3 is 20.9 Å². The molecular weight excluding hydrogens is 256 g/mol. The van der Waals surface area contributed by atoms with Gasteiger partial charge in [0.15, 0.2) is 0 Å². The maximum absolute atomic E-state index is 11.6. The summed E-state index contributed by atoms with van der Waals surface area (Å²) >= 11 is 0. The third kappa shape index (κ3) is 6.43. The van der Waals surface area contributed by atoms with Gasteiger partial charge in [0, 0.05) is 24.9 Å². The molecule has 5 nitrogen and oxygen atoms in total. The van der Waals surface area contributed by atoms with Crippen LogP contribution in [-0.2, 0) is 4.79 Å². The molecule has 0 aliphatic rings. The predicted octanol–water partition coefficient (Wildman–Crippen LogP) is 1.56. The van der Waals surface area contributed by atoms with E-state index < -0.39 is 0 Å². The van der Waals surface area contributed by atoms with Crippen molar-refractivity contribution in [3.05, 3.63) is 24.3 Å². The lowest BCUT2D eigenvalue weighted by molar-refractivity contribution is -0.121. The van der Waals surface area contributed by atoms with Crippen molar-refractivity contribution in [1.29, 1.82) is 0 Å². The lowest BCUT2D eigenvalue weighted by Gasteiger charge is -2.14. The number of nitrogens with one attached hydrogen (secondary N) is 1. The molecular formula is C15H24N2O3. The van der Waals surface area contributed by atoms with E-state index in [1.807, 2.05) is 12.1 Å². The fourth-order valence-electron chi connectivity index (χ4n) is 1.85. The average Bonchev–Trinajstić information content (AvgIpc) is 2.43. The standard InChI is InChI=1S/C15H24N2O3/c1-2-12(6-8-18)11-17-15(19)7-9-20-14-5-3-4-13(16)10-14/h3-5,10,12,18H,2,6-9,11,16H2,1H3,(H,17,19). The van der Waals surface area contributed by atoms with Crippen molar-refractivity contribution in [2.24, 2.45) is 5.92 Å². The zero-order valence-corrected chi connectivity index (χ0v) is 12.0. The van der Waals surface area contributed by atoms with E-state index in [0.29, 0.717) is 36.9 Å². The fourth-order valence-corrected chi connectivity index (χ4v) is 1.85. The number of benzene rings is 1. The number of anilines is 1. The summed E-state index contributed by atoms with van der Waals surface area (Å²) in [6, 6.07) is 7.13. The van der Waals surface area contributed by atoms with Gasteiger partial charge in [-0.15, -0.1) is 0 Å². The van der Waals surface area contributed by atoms with Crippen LogP contribution in [0.15, 0.2) is 24.3 Å². The molecule has 20 heavy (non-hydrogen) atoms. The lowest BCUT2D eigenvalue weighted by Crippen LogP contribution is -2.30. The Hall–Kier alpha value is -1.75. The SMILES string of the molecule is CCC(CCO)CNC(=O)CCOc1cccc(N)c1. The molecule has 0 radical (unpaired) electrons. The number of carbonyl (C=O) groups excluding carboxylic acids is 1. The number of aliphatic hydroxyl groups excluding tert-OH is 1. The number of hydrogen-bond acceptors (Lipinski definition) is 4. The second-order valence-electron chi connectivity index (χ2n) is 4.76. The van der Waals surface area contributed by atoms with E-state index in [2.05, 4.69) is 12.2 Å². The van der Waals surface area contributed by atoms with Gasteiger partial charge in [-0.05, 0) is 24.5 Å². The third-order valence-electron chi connectivity index (χ3n) is 3.16. The van der Waals surface area contributed by atoms with Gasteiger partial charge in [-0.3, -0.25) is 4.79 Å². The first kappa shape index (κ1) is 16.3. The first-order valence-electron chi connectivity index (χ1n) is 7.01. The van der Waals surface area contributed by atoms with Gasteiger partial charge in [-0.1, -0.05) is 19.4 Å². The van der Waals surface area contributed by atoms with E-state index in [1.165, 1.54) is 0 Å². The van der Waals surface area contributed by atoms with Crippen LogP contribution in [-0.4, -0.2) is 30.8 Å². The molecule has 0 fully saturated rings. The van der Waals surface area contributed by atoms with E-state index in [9.17, 15) is 4.79 Å². The van der Waals surface area contributed by atoms with Crippen LogP contribution in [0.5, 0.6) is 5.75 Å². The largest absolute Gasteiger partial charge is 0.493 e. The van der Waals surface area contributed by atoms with Crippen LogP contribution in [0.3, 0.4) is 0 Å². The first-order chi connectivity index (χ1) is 9.65. The van der Waals surface area contributed by atoms with Crippen LogP contribution < -0.4 is 15.8 Å². The number of aliphatic hydroxyl groups is 1. The van der Waals surface area contributed by atoms with Crippen molar-refractivity contribution in [3.8, 4) is 5.75 Å². The summed E-state index contributed by atoms with van der Waals surface area (Å²) in [5, 5.41) is 11.7. The molecule has 0 aromatic heterocycles. The molecule has 0 spiro atoms. The summed E-state index contributed by atoms with van der Waals surface area (Å²) in [6.07, 6.45) is 1.97. The van der Waals surface area contributed by atoms with Gasteiger partial charge in [-0.25, -0.2) is 0 Å². The molecule has 4 N–H and O–H groups in total. The van der Waals surface area contributed by atoms with Crippen LogP contribution in [0.4, 0.5) is 5.69 Å². The van der Waals surface area contributed by atoms with Crippen LogP contribution in [0.25, 0.3) is 0 Å². The number of carbonyl (C=O) groups is 1. The van der Waals surface area contributed by atoms with Crippen molar-refractivity contribution < 1.29 is 14.6 Å². The number of amides is 1. The van der Waals surface area contributed by atoms with Crippen LogP contribution in [0.1, 0.15) is 26.2 Å². The summed E-state index contributed by atoms with van der Waals surface area (Å²) in [4.78, 5) is 11.6. The molecule has 1 amide bonds. The summed E-state index contributed by atoms with van der Waals surface area (Å²) in [5.41, 5.74) is 6.28. The van der Waals surface area contributed by atoms with Crippen LogP contribution in [0.2, 0.25) is 0 Å². The second-order valence-corrected chi connectivity index (χ2v) is 4.76. The molecule has 1 unspecified atom stereocenters. The summed E-state index contributed by atoms with van der Waals surface area (Å²) in [7, 11) is 0. The Labute approximate surface area is 120 Å². The van der Waals surface area contributed by atoms with E-state index in [0.717, 1.165) is 12.8 Å². The Bertz CT molecular complexity index is 410. The van der Waals surface area contributed by atoms with E-state index in [4.69, 9.17) is 15.6 Å². The summed E-state index contributed by atoms with van der Waals surface area (Å²) in [5.74, 6) is 0.966. The van der Waals surface area contributed by atoms with E-state index >= 15 is 0 Å². The Morgan fingerprint density at radius 2 is 2.30 bits per heavy atom. The van der Waals surface area contributed by atoms with Crippen molar-refractivity contribution in [2.75, 3.05) is 25.5 Å². The topological polar surface area (TPSA) is 84.6 Å². The molecule has 0 heterocycles. The molecule has 1 atom stereocenters. The highest BCUT2D eigenvalue weighted by Crippen LogP contribution is 2.14. The Morgan fingerprint density at radius 1 is 1.50 bits per heavy atom. The van der Waals surface area contributed by atoms with E-state index in [1.54, 1.807) is 12.1 Å². The molecule has 112 valence electrons. The third-order valence-corrected chi connectivity index (χ3v) is 3.16. The summed E-state index contributed by atoms with van der Waals surface area (Å²) in [6.45, 7) is 3.14. The monoisotopic (exact) mass is 280 g/mol. The zero-order chi connectivity index (χ0) is 14.8.